The van der Waals surface area contributed by atoms with Gasteiger partial charge in [0.25, 0.3) is 0 Å². The molecule has 0 aliphatic heterocycles. The Labute approximate surface area is 160 Å². The van der Waals surface area contributed by atoms with Crippen LogP contribution < -0.4 is 0 Å². The van der Waals surface area contributed by atoms with Crippen molar-refractivity contribution in [3.63, 3.8) is 0 Å². The molecule has 2 aromatic carbocycles. The Bertz CT molecular complexity index is 1130. The smallest absolute Gasteiger partial charge is 0.355 e. The highest BCUT2D eigenvalue weighted by molar-refractivity contribution is 7.12. The van der Waals surface area contributed by atoms with Crippen LogP contribution in [0.2, 0.25) is 0 Å². The van der Waals surface area contributed by atoms with Crippen LogP contribution in [0, 0.1) is 0 Å². The molecular weight excluding hydrogens is 358 g/mol. The molecular formula is C21H19N3O2S. The monoisotopic (exact) mass is 377 g/mol. The van der Waals surface area contributed by atoms with E-state index in [0.29, 0.717) is 5.13 Å². The first-order valence-corrected chi connectivity index (χ1v) is 9.50. The zero-order chi connectivity index (χ0) is 19.2. The number of hydrogen-bond acceptors (Lipinski definition) is 4. The summed E-state index contributed by atoms with van der Waals surface area (Å²) in [5.74, 6) is -1.04. The van der Waals surface area contributed by atoms with Crippen molar-refractivity contribution in [3.8, 4) is 16.4 Å². The molecule has 6 heteroatoms. The second kappa shape index (κ2) is 6.32. The van der Waals surface area contributed by atoms with Crippen molar-refractivity contribution in [1.82, 2.24) is 14.8 Å². The van der Waals surface area contributed by atoms with Gasteiger partial charge in [0.05, 0.1) is 5.52 Å². The van der Waals surface area contributed by atoms with Crippen LogP contribution in [0.5, 0.6) is 0 Å². The lowest BCUT2D eigenvalue weighted by Gasteiger charge is -2.18. The number of nitrogens with zero attached hydrogens (tertiary/aromatic N) is 3. The van der Waals surface area contributed by atoms with Gasteiger partial charge >= 0.3 is 5.97 Å². The number of aromatic nitrogens is 3. The van der Waals surface area contributed by atoms with E-state index in [1.165, 1.54) is 22.3 Å². The number of aromatic carboxylic acids is 1. The van der Waals surface area contributed by atoms with Gasteiger partial charge in [-0.1, -0.05) is 63.2 Å². The summed E-state index contributed by atoms with van der Waals surface area (Å²) < 4.78 is 1.72. The van der Waals surface area contributed by atoms with Crippen molar-refractivity contribution in [2.45, 2.75) is 26.2 Å². The molecule has 0 unspecified atom stereocenters. The van der Waals surface area contributed by atoms with Gasteiger partial charge in [-0.25, -0.2) is 14.5 Å². The van der Waals surface area contributed by atoms with Crippen LogP contribution >= 0.6 is 11.3 Å². The van der Waals surface area contributed by atoms with E-state index in [1.54, 1.807) is 4.68 Å². The fourth-order valence-corrected chi connectivity index (χ4v) is 3.77. The van der Waals surface area contributed by atoms with Crippen molar-refractivity contribution in [2.75, 3.05) is 0 Å². The highest BCUT2D eigenvalue weighted by Crippen LogP contribution is 2.32. The van der Waals surface area contributed by atoms with Gasteiger partial charge in [-0.3, -0.25) is 0 Å². The van der Waals surface area contributed by atoms with E-state index >= 15 is 0 Å². The van der Waals surface area contributed by atoms with Crippen LogP contribution in [0.4, 0.5) is 0 Å². The van der Waals surface area contributed by atoms with Crippen LogP contribution in [-0.2, 0) is 5.41 Å². The summed E-state index contributed by atoms with van der Waals surface area (Å²) in [4.78, 5) is 15.4. The van der Waals surface area contributed by atoms with Crippen molar-refractivity contribution < 1.29 is 9.90 Å². The molecule has 0 amide bonds. The minimum Gasteiger partial charge on any atom is -0.476 e. The van der Waals surface area contributed by atoms with Crippen molar-refractivity contribution in [1.29, 1.82) is 0 Å². The lowest BCUT2D eigenvalue weighted by atomic mass is 9.86. The molecule has 0 aliphatic rings. The maximum Gasteiger partial charge on any atom is 0.355 e. The number of carboxylic acids is 1. The molecule has 4 aromatic rings. The Hall–Kier alpha value is -2.99. The third-order valence-corrected chi connectivity index (χ3v) is 5.32. The molecule has 0 fully saturated rings. The Balaban J connectivity index is 1.86. The van der Waals surface area contributed by atoms with Gasteiger partial charge in [-0.15, -0.1) is 11.3 Å². The maximum absolute atomic E-state index is 11.2. The topological polar surface area (TPSA) is 68.0 Å². The average molecular weight is 377 g/mol. The largest absolute Gasteiger partial charge is 0.476 e. The van der Waals surface area contributed by atoms with E-state index in [2.05, 4.69) is 50.0 Å². The molecule has 2 aromatic heterocycles. The van der Waals surface area contributed by atoms with Crippen LogP contribution in [0.3, 0.4) is 0 Å². The van der Waals surface area contributed by atoms with Crippen molar-refractivity contribution in [3.05, 3.63) is 65.2 Å². The Morgan fingerprint density at radius 2 is 1.78 bits per heavy atom. The van der Waals surface area contributed by atoms with Gasteiger partial charge < -0.3 is 5.11 Å². The number of carbonyl (C=O) groups is 1. The van der Waals surface area contributed by atoms with E-state index in [0.717, 1.165) is 22.2 Å². The summed E-state index contributed by atoms with van der Waals surface area (Å²) in [6.45, 7) is 6.57. The number of fused-ring (bicyclic) bond motifs is 1. The van der Waals surface area contributed by atoms with Crippen LogP contribution in [0.25, 0.3) is 27.3 Å². The highest BCUT2D eigenvalue weighted by atomic mass is 32.1. The first-order valence-electron chi connectivity index (χ1n) is 8.62. The van der Waals surface area contributed by atoms with Crippen molar-refractivity contribution >= 4 is 28.2 Å². The van der Waals surface area contributed by atoms with Gasteiger partial charge in [0.2, 0.25) is 5.13 Å². The number of hydrogen-bond donors (Lipinski definition) is 1. The van der Waals surface area contributed by atoms with Crippen molar-refractivity contribution in [2.24, 2.45) is 0 Å². The minimum absolute atomic E-state index is 0.0330. The predicted octanol–water partition coefficient (Wildman–Crippen LogP) is 5.14. The summed E-state index contributed by atoms with van der Waals surface area (Å²) in [7, 11) is 0. The van der Waals surface area contributed by atoms with Crippen LogP contribution in [0.15, 0.2) is 53.9 Å². The lowest BCUT2D eigenvalue weighted by Crippen LogP contribution is -2.10. The number of para-hydroxylation sites is 1. The fraction of sp³-hybridized carbons (Fsp3) is 0.190. The number of rotatable bonds is 3. The molecule has 0 aliphatic carbocycles. The van der Waals surface area contributed by atoms with Gasteiger partial charge in [0.1, 0.15) is 5.69 Å². The van der Waals surface area contributed by atoms with Gasteiger partial charge in [-0.05, 0) is 17.0 Å². The normalized spacial score (nSPS) is 11.8. The summed E-state index contributed by atoms with van der Waals surface area (Å²) >= 11 is 1.27. The van der Waals surface area contributed by atoms with E-state index in [1.807, 2.05) is 24.3 Å². The predicted molar refractivity (Wildman–Crippen MR) is 108 cm³/mol. The summed E-state index contributed by atoms with van der Waals surface area (Å²) in [6, 6.07) is 16.4. The molecule has 0 bridgehead atoms. The molecule has 27 heavy (non-hydrogen) atoms. The van der Waals surface area contributed by atoms with Crippen LogP contribution in [0.1, 0.15) is 36.8 Å². The quantitative estimate of drug-likeness (QED) is 0.536. The Kier molecular flexibility index (Phi) is 4.08. The number of carboxylic acid groups (broad SMARTS) is 1. The molecule has 0 saturated carbocycles. The summed E-state index contributed by atoms with van der Waals surface area (Å²) in [6.07, 6.45) is 0. The van der Waals surface area contributed by atoms with Gasteiger partial charge in [0.15, 0.2) is 5.69 Å². The first-order chi connectivity index (χ1) is 12.8. The number of thiazole rings is 1. The first kappa shape index (κ1) is 17.4. The third kappa shape index (κ3) is 3.13. The zero-order valence-corrected chi connectivity index (χ0v) is 16.1. The molecule has 1 N–H and O–H groups in total. The molecule has 0 saturated heterocycles. The van der Waals surface area contributed by atoms with Gasteiger partial charge in [0, 0.05) is 16.3 Å². The van der Waals surface area contributed by atoms with E-state index in [4.69, 9.17) is 10.2 Å². The highest BCUT2D eigenvalue weighted by Gasteiger charge is 2.18. The second-order valence-corrected chi connectivity index (χ2v) is 8.26. The zero-order valence-electron chi connectivity index (χ0n) is 15.3. The van der Waals surface area contributed by atoms with E-state index in [-0.39, 0.29) is 11.1 Å². The molecule has 5 nitrogen and oxygen atoms in total. The number of benzene rings is 2. The lowest BCUT2D eigenvalue weighted by molar-refractivity contribution is 0.0691. The van der Waals surface area contributed by atoms with Gasteiger partial charge in [-0.2, -0.15) is 5.10 Å². The molecule has 0 spiro atoms. The molecule has 136 valence electrons. The molecule has 0 atom stereocenters. The minimum atomic E-state index is -1.04. The van der Waals surface area contributed by atoms with Crippen LogP contribution in [-0.4, -0.2) is 25.8 Å². The standard InChI is InChI=1S/C21H19N3O2S/c1-21(2,3)14-10-8-13(9-11-14)18-15-6-4-5-7-17(15)24(23-18)20-22-16(12-27-20)19(25)26/h4-12H,1-3H3,(H,25,26). The van der Waals surface area contributed by atoms with E-state index in [9.17, 15) is 4.79 Å². The second-order valence-electron chi connectivity index (χ2n) is 7.43. The summed E-state index contributed by atoms with van der Waals surface area (Å²) in [5, 5.41) is 17.0. The molecule has 4 rings (SSSR count). The van der Waals surface area contributed by atoms with E-state index < -0.39 is 5.97 Å². The maximum atomic E-state index is 11.2. The third-order valence-electron chi connectivity index (χ3n) is 4.50. The molecule has 2 heterocycles. The Morgan fingerprint density at radius 3 is 2.41 bits per heavy atom. The fourth-order valence-electron chi connectivity index (χ4n) is 3.01. The Morgan fingerprint density at radius 1 is 1.07 bits per heavy atom. The average Bonchev–Trinajstić information content (AvgIpc) is 3.26. The summed E-state index contributed by atoms with van der Waals surface area (Å²) in [5.41, 5.74) is 4.17. The SMILES string of the molecule is CC(C)(C)c1ccc(-c2nn(-c3nc(C(=O)O)cs3)c3ccccc23)cc1. The molecule has 0 radical (unpaired) electrons.